The molecule has 1 aromatic carbocycles. The third-order valence-corrected chi connectivity index (χ3v) is 4.22. The van der Waals surface area contributed by atoms with E-state index in [2.05, 4.69) is 38.3 Å². The molecule has 1 fully saturated rings. The second-order valence-corrected chi connectivity index (χ2v) is 6.29. The first-order valence-corrected chi connectivity index (χ1v) is 7.64. The highest BCUT2D eigenvalue weighted by atomic mass is 16.1. The summed E-state index contributed by atoms with van der Waals surface area (Å²) >= 11 is 0. The van der Waals surface area contributed by atoms with E-state index in [0.29, 0.717) is 18.0 Å². The van der Waals surface area contributed by atoms with E-state index in [1.54, 1.807) is 0 Å². The van der Waals surface area contributed by atoms with Gasteiger partial charge in [-0.05, 0) is 50.3 Å². The average molecular weight is 274 g/mol. The van der Waals surface area contributed by atoms with Crippen molar-refractivity contribution in [3.8, 4) is 0 Å². The van der Waals surface area contributed by atoms with Crippen LogP contribution in [-0.2, 0) is 0 Å². The predicted octanol–water partition coefficient (Wildman–Crippen LogP) is 3.07. The topological polar surface area (TPSA) is 41.1 Å². The van der Waals surface area contributed by atoms with Crippen molar-refractivity contribution in [3.63, 3.8) is 0 Å². The van der Waals surface area contributed by atoms with E-state index >= 15 is 0 Å². The number of carbonyl (C=O) groups is 1. The van der Waals surface area contributed by atoms with Crippen LogP contribution in [0.25, 0.3) is 0 Å². The van der Waals surface area contributed by atoms with Gasteiger partial charge in [0.1, 0.15) is 0 Å². The Morgan fingerprint density at radius 3 is 2.40 bits per heavy atom. The number of benzene rings is 1. The first kappa shape index (κ1) is 15.0. The Kier molecular flexibility index (Phi) is 4.81. The Labute approximate surface area is 122 Å². The summed E-state index contributed by atoms with van der Waals surface area (Å²) in [6, 6.07) is 9.04. The SMILES string of the molecule is CC1CCC(NC(=O)c2ccc(C(C)C)cc2)C(C)N1. The van der Waals surface area contributed by atoms with Crippen molar-refractivity contribution in [3.05, 3.63) is 35.4 Å². The maximum absolute atomic E-state index is 12.3. The zero-order chi connectivity index (χ0) is 14.7. The molecule has 1 saturated heterocycles. The number of hydrogen-bond donors (Lipinski definition) is 2. The van der Waals surface area contributed by atoms with Gasteiger partial charge in [-0.1, -0.05) is 26.0 Å². The summed E-state index contributed by atoms with van der Waals surface area (Å²) in [5, 5.41) is 6.65. The van der Waals surface area contributed by atoms with E-state index in [-0.39, 0.29) is 11.9 Å². The van der Waals surface area contributed by atoms with Crippen molar-refractivity contribution in [1.82, 2.24) is 10.6 Å². The second kappa shape index (κ2) is 6.40. The highest BCUT2D eigenvalue weighted by molar-refractivity contribution is 5.94. The molecule has 2 rings (SSSR count). The van der Waals surface area contributed by atoms with Crippen LogP contribution in [0.15, 0.2) is 24.3 Å². The fourth-order valence-electron chi connectivity index (χ4n) is 2.80. The monoisotopic (exact) mass is 274 g/mol. The molecule has 1 amide bonds. The van der Waals surface area contributed by atoms with E-state index in [4.69, 9.17) is 0 Å². The van der Waals surface area contributed by atoms with E-state index in [1.165, 1.54) is 5.56 Å². The summed E-state index contributed by atoms with van der Waals surface area (Å²) in [4.78, 5) is 12.3. The van der Waals surface area contributed by atoms with Crippen LogP contribution in [0.4, 0.5) is 0 Å². The second-order valence-electron chi connectivity index (χ2n) is 6.29. The molecule has 3 atom stereocenters. The smallest absolute Gasteiger partial charge is 0.251 e. The molecule has 3 nitrogen and oxygen atoms in total. The Bertz CT molecular complexity index is 453. The van der Waals surface area contributed by atoms with Gasteiger partial charge in [-0.2, -0.15) is 0 Å². The van der Waals surface area contributed by atoms with Gasteiger partial charge in [0.15, 0.2) is 0 Å². The summed E-state index contributed by atoms with van der Waals surface area (Å²) in [7, 11) is 0. The van der Waals surface area contributed by atoms with Crippen LogP contribution in [0.2, 0.25) is 0 Å². The molecule has 1 aliphatic rings. The third-order valence-electron chi connectivity index (χ3n) is 4.22. The molecule has 0 saturated carbocycles. The number of carbonyl (C=O) groups excluding carboxylic acids is 1. The average Bonchev–Trinajstić information content (AvgIpc) is 2.42. The summed E-state index contributed by atoms with van der Waals surface area (Å²) < 4.78 is 0. The summed E-state index contributed by atoms with van der Waals surface area (Å²) in [6.07, 6.45) is 2.16. The molecule has 3 heteroatoms. The summed E-state index contributed by atoms with van der Waals surface area (Å²) in [5.41, 5.74) is 2.02. The zero-order valence-corrected chi connectivity index (χ0v) is 12.9. The molecule has 0 spiro atoms. The number of hydrogen-bond acceptors (Lipinski definition) is 2. The molecule has 2 N–H and O–H groups in total. The van der Waals surface area contributed by atoms with Crippen molar-refractivity contribution in [2.24, 2.45) is 0 Å². The molecular weight excluding hydrogens is 248 g/mol. The molecule has 3 unspecified atom stereocenters. The minimum atomic E-state index is 0.0357. The molecule has 0 radical (unpaired) electrons. The number of amides is 1. The van der Waals surface area contributed by atoms with Crippen LogP contribution in [0, 0.1) is 0 Å². The number of nitrogens with one attached hydrogen (secondary N) is 2. The van der Waals surface area contributed by atoms with E-state index in [9.17, 15) is 4.79 Å². The van der Waals surface area contributed by atoms with E-state index in [1.807, 2.05) is 24.3 Å². The Morgan fingerprint density at radius 2 is 1.85 bits per heavy atom. The minimum absolute atomic E-state index is 0.0357. The van der Waals surface area contributed by atoms with Gasteiger partial charge in [0, 0.05) is 23.7 Å². The third kappa shape index (κ3) is 3.60. The van der Waals surface area contributed by atoms with Crippen molar-refractivity contribution in [1.29, 1.82) is 0 Å². The number of piperidine rings is 1. The van der Waals surface area contributed by atoms with Crippen molar-refractivity contribution >= 4 is 5.91 Å². The standard InChI is InChI=1S/C17H26N2O/c1-11(2)14-6-8-15(9-7-14)17(20)19-16-10-5-12(3)18-13(16)4/h6-9,11-13,16,18H,5,10H2,1-4H3,(H,19,20). The maximum Gasteiger partial charge on any atom is 0.251 e. The fraction of sp³-hybridized carbons (Fsp3) is 0.588. The van der Waals surface area contributed by atoms with Crippen molar-refractivity contribution < 1.29 is 4.79 Å². The number of rotatable bonds is 3. The Hall–Kier alpha value is -1.35. The molecule has 110 valence electrons. The molecule has 0 bridgehead atoms. The van der Waals surface area contributed by atoms with Crippen molar-refractivity contribution in [2.45, 2.75) is 64.6 Å². The maximum atomic E-state index is 12.3. The quantitative estimate of drug-likeness (QED) is 0.889. The first-order valence-electron chi connectivity index (χ1n) is 7.64. The molecule has 0 aliphatic carbocycles. The molecule has 1 aliphatic heterocycles. The van der Waals surface area contributed by atoms with Crippen molar-refractivity contribution in [2.75, 3.05) is 0 Å². The highest BCUT2D eigenvalue weighted by Gasteiger charge is 2.26. The van der Waals surface area contributed by atoms with Gasteiger partial charge in [0.25, 0.3) is 5.91 Å². The molecule has 0 aromatic heterocycles. The van der Waals surface area contributed by atoms with Gasteiger partial charge in [-0.3, -0.25) is 4.79 Å². The molecule has 1 heterocycles. The van der Waals surface area contributed by atoms with Gasteiger partial charge in [0.05, 0.1) is 0 Å². The Balaban J connectivity index is 1.97. The lowest BCUT2D eigenvalue weighted by Gasteiger charge is -2.34. The van der Waals surface area contributed by atoms with Crippen LogP contribution in [-0.4, -0.2) is 24.0 Å². The van der Waals surface area contributed by atoms with Gasteiger partial charge in [0.2, 0.25) is 0 Å². The van der Waals surface area contributed by atoms with Gasteiger partial charge < -0.3 is 10.6 Å². The summed E-state index contributed by atoms with van der Waals surface area (Å²) in [6.45, 7) is 8.65. The van der Waals surface area contributed by atoms with Crippen LogP contribution < -0.4 is 10.6 Å². The molecule has 1 aromatic rings. The van der Waals surface area contributed by atoms with Gasteiger partial charge in [-0.15, -0.1) is 0 Å². The van der Waals surface area contributed by atoms with E-state index in [0.717, 1.165) is 18.4 Å². The molecule has 20 heavy (non-hydrogen) atoms. The van der Waals surface area contributed by atoms with Gasteiger partial charge >= 0.3 is 0 Å². The lowest BCUT2D eigenvalue weighted by atomic mass is 9.95. The minimum Gasteiger partial charge on any atom is -0.348 e. The highest BCUT2D eigenvalue weighted by Crippen LogP contribution is 2.16. The Morgan fingerprint density at radius 1 is 1.20 bits per heavy atom. The molecular formula is C17H26N2O. The predicted molar refractivity (Wildman–Crippen MR) is 83.1 cm³/mol. The summed E-state index contributed by atoms with van der Waals surface area (Å²) in [5.74, 6) is 0.532. The van der Waals surface area contributed by atoms with Crippen LogP contribution in [0.5, 0.6) is 0 Å². The largest absolute Gasteiger partial charge is 0.348 e. The van der Waals surface area contributed by atoms with Gasteiger partial charge in [-0.25, -0.2) is 0 Å². The normalized spacial score (nSPS) is 26.6. The van der Waals surface area contributed by atoms with Crippen LogP contribution in [0.1, 0.15) is 62.4 Å². The zero-order valence-electron chi connectivity index (χ0n) is 12.9. The lowest BCUT2D eigenvalue weighted by Crippen LogP contribution is -2.54. The lowest BCUT2D eigenvalue weighted by molar-refractivity contribution is 0.0914. The fourth-order valence-corrected chi connectivity index (χ4v) is 2.80. The first-order chi connectivity index (χ1) is 9.47. The van der Waals surface area contributed by atoms with Crippen LogP contribution >= 0.6 is 0 Å². The van der Waals surface area contributed by atoms with E-state index < -0.39 is 0 Å². The van der Waals surface area contributed by atoms with Crippen LogP contribution in [0.3, 0.4) is 0 Å².